The lowest BCUT2D eigenvalue weighted by Gasteiger charge is -2.15. The predicted molar refractivity (Wildman–Crippen MR) is 73.1 cm³/mol. The molecule has 0 bridgehead atoms. The molecular formula is C13H17Cl2NO. The van der Waals surface area contributed by atoms with Gasteiger partial charge in [-0.05, 0) is 37.6 Å². The van der Waals surface area contributed by atoms with Crippen molar-refractivity contribution in [1.82, 2.24) is 5.32 Å². The zero-order chi connectivity index (χ0) is 13.0. The van der Waals surface area contributed by atoms with E-state index in [1.54, 1.807) is 18.2 Å². The van der Waals surface area contributed by atoms with Crippen LogP contribution >= 0.6 is 23.2 Å². The second kappa shape index (κ2) is 6.39. The first kappa shape index (κ1) is 14.5. The van der Waals surface area contributed by atoms with E-state index in [4.69, 9.17) is 23.2 Å². The number of carbonyl (C=O) groups is 1. The monoisotopic (exact) mass is 273 g/mol. The fourth-order valence-corrected chi connectivity index (χ4v) is 1.93. The molecule has 1 N–H and O–H groups in total. The smallest absolute Gasteiger partial charge is 0.180 e. The largest absolute Gasteiger partial charge is 0.307 e. The van der Waals surface area contributed by atoms with Crippen LogP contribution in [0.1, 0.15) is 31.1 Å². The van der Waals surface area contributed by atoms with Crippen molar-refractivity contribution in [2.45, 2.75) is 26.8 Å². The third kappa shape index (κ3) is 4.30. The molecule has 0 spiro atoms. The van der Waals surface area contributed by atoms with E-state index in [1.165, 1.54) is 0 Å². The van der Waals surface area contributed by atoms with E-state index in [0.29, 0.717) is 21.5 Å². The summed E-state index contributed by atoms with van der Waals surface area (Å²) in [5.74, 6) is 0.498. The summed E-state index contributed by atoms with van der Waals surface area (Å²) in [6.07, 6.45) is 0. The van der Waals surface area contributed by atoms with Crippen molar-refractivity contribution < 1.29 is 4.79 Å². The molecule has 0 fully saturated rings. The molecule has 0 radical (unpaired) electrons. The van der Waals surface area contributed by atoms with Crippen LogP contribution in [-0.2, 0) is 0 Å². The van der Waals surface area contributed by atoms with Crippen molar-refractivity contribution in [3.05, 3.63) is 33.8 Å². The van der Waals surface area contributed by atoms with E-state index in [9.17, 15) is 4.79 Å². The Morgan fingerprint density at radius 2 is 1.94 bits per heavy atom. The van der Waals surface area contributed by atoms with E-state index in [0.717, 1.165) is 6.54 Å². The van der Waals surface area contributed by atoms with Gasteiger partial charge in [0.25, 0.3) is 0 Å². The lowest BCUT2D eigenvalue weighted by atomic mass is 10.0. The van der Waals surface area contributed by atoms with Gasteiger partial charge in [0.05, 0.1) is 11.1 Å². The van der Waals surface area contributed by atoms with Gasteiger partial charge in [-0.15, -0.1) is 0 Å². The summed E-state index contributed by atoms with van der Waals surface area (Å²) in [4.78, 5) is 12.1. The van der Waals surface area contributed by atoms with Crippen LogP contribution in [0.15, 0.2) is 18.2 Å². The van der Waals surface area contributed by atoms with Gasteiger partial charge in [-0.2, -0.15) is 0 Å². The van der Waals surface area contributed by atoms with Gasteiger partial charge < -0.3 is 5.32 Å². The molecule has 0 aromatic heterocycles. The standard InChI is InChI=1S/C13H17Cl2NO/c1-8(2)7-16-9(3)13(17)11-5-4-10(14)6-12(11)15/h4-6,8-9,16H,7H2,1-3H3. The van der Waals surface area contributed by atoms with Crippen LogP contribution in [0.4, 0.5) is 0 Å². The van der Waals surface area contributed by atoms with Crippen LogP contribution in [-0.4, -0.2) is 18.4 Å². The molecule has 4 heteroatoms. The van der Waals surface area contributed by atoms with Crippen LogP contribution in [0.25, 0.3) is 0 Å². The van der Waals surface area contributed by atoms with E-state index in [-0.39, 0.29) is 11.8 Å². The minimum atomic E-state index is -0.240. The normalized spacial score (nSPS) is 12.8. The molecule has 0 aliphatic carbocycles. The van der Waals surface area contributed by atoms with Crippen molar-refractivity contribution in [1.29, 1.82) is 0 Å². The van der Waals surface area contributed by atoms with Crippen molar-refractivity contribution in [3.63, 3.8) is 0 Å². The van der Waals surface area contributed by atoms with Gasteiger partial charge in [-0.1, -0.05) is 37.0 Å². The zero-order valence-corrected chi connectivity index (χ0v) is 11.8. The Balaban J connectivity index is 2.75. The maximum Gasteiger partial charge on any atom is 0.180 e. The van der Waals surface area contributed by atoms with Gasteiger partial charge in [-0.25, -0.2) is 0 Å². The number of hydrogen-bond donors (Lipinski definition) is 1. The number of halogens is 2. The maximum atomic E-state index is 12.1. The predicted octanol–water partition coefficient (Wildman–Crippen LogP) is 3.81. The molecule has 1 aromatic rings. The second-order valence-corrected chi connectivity index (χ2v) is 5.36. The lowest BCUT2D eigenvalue weighted by Crippen LogP contribution is -2.36. The highest BCUT2D eigenvalue weighted by molar-refractivity contribution is 6.37. The van der Waals surface area contributed by atoms with E-state index in [1.807, 2.05) is 6.92 Å². The fraction of sp³-hybridized carbons (Fsp3) is 0.462. The topological polar surface area (TPSA) is 29.1 Å². The summed E-state index contributed by atoms with van der Waals surface area (Å²) in [5.41, 5.74) is 0.514. The van der Waals surface area contributed by atoms with Gasteiger partial charge in [-0.3, -0.25) is 4.79 Å². The van der Waals surface area contributed by atoms with Crippen molar-refractivity contribution in [3.8, 4) is 0 Å². The van der Waals surface area contributed by atoms with Crippen LogP contribution < -0.4 is 5.32 Å². The van der Waals surface area contributed by atoms with Crippen LogP contribution in [0.3, 0.4) is 0 Å². The Labute approximate surface area is 112 Å². The molecule has 0 heterocycles. The summed E-state index contributed by atoms with van der Waals surface area (Å²) < 4.78 is 0. The molecule has 0 aliphatic heterocycles. The van der Waals surface area contributed by atoms with Crippen LogP contribution in [0, 0.1) is 5.92 Å². The minimum absolute atomic E-state index is 0.00711. The zero-order valence-electron chi connectivity index (χ0n) is 10.3. The van der Waals surface area contributed by atoms with Crippen molar-refractivity contribution in [2.24, 2.45) is 5.92 Å². The molecule has 0 aliphatic rings. The first-order valence-corrected chi connectivity index (χ1v) is 6.40. The van der Waals surface area contributed by atoms with Gasteiger partial charge in [0.1, 0.15) is 0 Å². The molecule has 2 nitrogen and oxygen atoms in total. The highest BCUT2D eigenvalue weighted by atomic mass is 35.5. The second-order valence-electron chi connectivity index (χ2n) is 4.51. The first-order valence-electron chi connectivity index (χ1n) is 5.64. The number of carbonyl (C=O) groups excluding carboxylic acids is 1. The van der Waals surface area contributed by atoms with E-state index >= 15 is 0 Å². The molecule has 0 saturated carbocycles. The first-order chi connectivity index (χ1) is 7.91. The van der Waals surface area contributed by atoms with E-state index in [2.05, 4.69) is 19.2 Å². The number of Topliss-reactive ketones (excluding diaryl/α,β-unsaturated/α-hetero) is 1. The third-order valence-electron chi connectivity index (χ3n) is 2.42. The fourth-order valence-electron chi connectivity index (χ4n) is 1.43. The number of hydrogen-bond acceptors (Lipinski definition) is 2. The van der Waals surface area contributed by atoms with Crippen molar-refractivity contribution >= 4 is 29.0 Å². The number of rotatable bonds is 5. The Kier molecular flexibility index (Phi) is 5.44. The Morgan fingerprint density at radius 3 is 2.47 bits per heavy atom. The van der Waals surface area contributed by atoms with Crippen molar-refractivity contribution in [2.75, 3.05) is 6.54 Å². The number of ketones is 1. The third-order valence-corrected chi connectivity index (χ3v) is 2.97. The molecule has 94 valence electrons. The summed E-state index contributed by atoms with van der Waals surface area (Å²) in [6, 6.07) is 4.69. The molecular weight excluding hydrogens is 257 g/mol. The van der Waals surface area contributed by atoms with E-state index < -0.39 is 0 Å². The average Bonchev–Trinajstić information content (AvgIpc) is 2.25. The summed E-state index contributed by atoms with van der Waals surface area (Å²) in [6.45, 7) is 6.84. The Bertz CT molecular complexity index is 404. The number of benzene rings is 1. The quantitative estimate of drug-likeness (QED) is 0.827. The lowest BCUT2D eigenvalue weighted by molar-refractivity contribution is 0.0950. The number of nitrogens with one attached hydrogen (secondary N) is 1. The minimum Gasteiger partial charge on any atom is -0.307 e. The van der Waals surface area contributed by atoms with Gasteiger partial charge in [0, 0.05) is 10.6 Å². The van der Waals surface area contributed by atoms with Crippen LogP contribution in [0.2, 0.25) is 10.0 Å². The molecule has 1 aromatic carbocycles. The van der Waals surface area contributed by atoms with Gasteiger partial charge in [0.15, 0.2) is 5.78 Å². The maximum absolute atomic E-state index is 12.1. The molecule has 1 rings (SSSR count). The SMILES string of the molecule is CC(C)CNC(C)C(=O)c1ccc(Cl)cc1Cl. The average molecular weight is 274 g/mol. The van der Waals surface area contributed by atoms with Crippen LogP contribution in [0.5, 0.6) is 0 Å². The Morgan fingerprint density at radius 1 is 1.29 bits per heavy atom. The molecule has 0 amide bonds. The molecule has 1 unspecified atom stereocenters. The van der Waals surface area contributed by atoms with Gasteiger partial charge >= 0.3 is 0 Å². The molecule has 0 saturated heterocycles. The molecule has 17 heavy (non-hydrogen) atoms. The van der Waals surface area contributed by atoms with Gasteiger partial charge in [0.2, 0.25) is 0 Å². The summed E-state index contributed by atoms with van der Waals surface area (Å²) in [5, 5.41) is 4.12. The Hall–Kier alpha value is -0.570. The summed E-state index contributed by atoms with van der Waals surface area (Å²) >= 11 is 11.8. The highest BCUT2D eigenvalue weighted by Crippen LogP contribution is 2.22. The summed E-state index contributed by atoms with van der Waals surface area (Å²) in [7, 11) is 0. The highest BCUT2D eigenvalue weighted by Gasteiger charge is 2.17. The molecule has 1 atom stereocenters.